The van der Waals surface area contributed by atoms with Crippen LogP contribution in [0.3, 0.4) is 0 Å². The van der Waals surface area contributed by atoms with E-state index in [1.165, 1.54) is 0 Å². The van der Waals surface area contributed by atoms with Gasteiger partial charge in [-0.1, -0.05) is 11.6 Å². The Hall–Kier alpha value is -1.06. The van der Waals surface area contributed by atoms with E-state index in [-0.39, 0.29) is 6.10 Å². The fourth-order valence-corrected chi connectivity index (χ4v) is 2.81. The van der Waals surface area contributed by atoms with Crippen molar-refractivity contribution in [1.29, 1.82) is 0 Å². The van der Waals surface area contributed by atoms with E-state index in [2.05, 4.69) is 18.4 Å². The van der Waals surface area contributed by atoms with Crippen LogP contribution in [-0.4, -0.2) is 16.2 Å². The first-order valence-corrected chi connectivity index (χ1v) is 6.83. The monoisotopic (exact) mass is 264 g/mol. The standard InChI is InChI=1S/C14H17ClN2O/c1-9(2)17-12-6-5-10(15)8-11(12)16-14(17)13-4-3-7-18-13/h5-6,8-9,13H,3-4,7H2,1-2H3. The third kappa shape index (κ3) is 1.91. The lowest BCUT2D eigenvalue weighted by Crippen LogP contribution is -2.10. The van der Waals surface area contributed by atoms with Gasteiger partial charge in [0.1, 0.15) is 11.9 Å². The molecule has 1 aromatic carbocycles. The quantitative estimate of drug-likeness (QED) is 0.816. The van der Waals surface area contributed by atoms with Crippen molar-refractivity contribution in [3.8, 4) is 0 Å². The summed E-state index contributed by atoms with van der Waals surface area (Å²) in [4.78, 5) is 4.73. The Morgan fingerprint density at radius 3 is 2.94 bits per heavy atom. The highest BCUT2D eigenvalue weighted by molar-refractivity contribution is 6.31. The van der Waals surface area contributed by atoms with Crippen molar-refractivity contribution in [2.45, 2.75) is 38.8 Å². The summed E-state index contributed by atoms with van der Waals surface area (Å²) in [5.74, 6) is 1.04. The maximum absolute atomic E-state index is 6.04. The van der Waals surface area contributed by atoms with E-state index in [9.17, 15) is 0 Å². The number of hydrogen-bond donors (Lipinski definition) is 0. The number of ether oxygens (including phenoxy) is 1. The van der Waals surface area contributed by atoms with E-state index in [1.807, 2.05) is 18.2 Å². The maximum atomic E-state index is 6.04. The molecule has 1 fully saturated rings. The molecule has 0 bridgehead atoms. The van der Waals surface area contributed by atoms with E-state index in [0.29, 0.717) is 6.04 Å². The smallest absolute Gasteiger partial charge is 0.139 e. The number of aromatic nitrogens is 2. The average molecular weight is 265 g/mol. The van der Waals surface area contributed by atoms with Gasteiger partial charge >= 0.3 is 0 Å². The van der Waals surface area contributed by atoms with Crippen molar-refractivity contribution in [3.63, 3.8) is 0 Å². The number of benzene rings is 1. The van der Waals surface area contributed by atoms with E-state index in [0.717, 1.165) is 41.3 Å². The summed E-state index contributed by atoms with van der Waals surface area (Å²) in [5.41, 5.74) is 2.10. The summed E-state index contributed by atoms with van der Waals surface area (Å²) < 4.78 is 8.04. The highest BCUT2D eigenvalue weighted by Crippen LogP contribution is 2.33. The first-order chi connectivity index (χ1) is 8.66. The minimum atomic E-state index is 0.138. The Bertz CT molecular complexity index is 570. The fraction of sp³-hybridized carbons (Fsp3) is 0.500. The van der Waals surface area contributed by atoms with Crippen LogP contribution in [0.2, 0.25) is 5.02 Å². The molecule has 3 rings (SSSR count). The second-order valence-corrected chi connectivity index (χ2v) is 5.50. The topological polar surface area (TPSA) is 27.1 Å². The minimum absolute atomic E-state index is 0.138. The summed E-state index contributed by atoms with van der Waals surface area (Å²) in [6.07, 6.45) is 2.31. The molecule has 1 aliphatic rings. The second-order valence-electron chi connectivity index (χ2n) is 5.07. The van der Waals surface area contributed by atoms with Gasteiger partial charge in [-0.3, -0.25) is 0 Å². The third-order valence-electron chi connectivity index (χ3n) is 3.41. The van der Waals surface area contributed by atoms with Crippen molar-refractivity contribution >= 4 is 22.6 Å². The lowest BCUT2D eigenvalue weighted by molar-refractivity contribution is 0.101. The number of hydrogen-bond acceptors (Lipinski definition) is 2. The van der Waals surface area contributed by atoms with Crippen molar-refractivity contribution in [1.82, 2.24) is 9.55 Å². The van der Waals surface area contributed by atoms with Crippen molar-refractivity contribution in [2.24, 2.45) is 0 Å². The Morgan fingerprint density at radius 1 is 1.44 bits per heavy atom. The molecule has 0 aliphatic carbocycles. The summed E-state index contributed by atoms with van der Waals surface area (Å²) in [6, 6.07) is 6.26. The van der Waals surface area contributed by atoms with Gasteiger partial charge in [-0.05, 0) is 44.9 Å². The number of rotatable bonds is 2. The molecule has 1 saturated heterocycles. The normalized spacial score (nSPS) is 20.1. The van der Waals surface area contributed by atoms with Gasteiger partial charge in [-0.15, -0.1) is 0 Å². The fourth-order valence-electron chi connectivity index (χ4n) is 2.64. The number of fused-ring (bicyclic) bond motifs is 1. The van der Waals surface area contributed by atoms with Crippen molar-refractivity contribution < 1.29 is 4.74 Å². The molecule has 3 nitrogen and oxygen atoms in total. The van der Waals surface area contributed by atoms with Gasteiger partial charge in [0.05, 0.1) is 11.0 Å². The SMILES string of the molecule is CC(C)n1c(C2CCCO2)nc2cc(Cl)ccc21. The third-order valence-corrected chi connectivity index (χ3v) is 3.65. The predicted molar refractivity (Wildman–Crippen MR) is 73.1 cm³/mol. The van der Waals surface area contributed by atoms with E-state index in [1.54, 1.807) is 0 Å². The van der Waals surface area contributed by atoms with Gasteiger partial charge in [0.2, 0.25) is 0 Å². The number of halogens is 1. The molecule has 1 aliphatic heterocycles. The van der Waals surface area contributed by atoms with Crippen LogP contribution in [0.15, 0.2) is 18.2 Å². The van der Waals surface area contributed by atoms with Crippen molar-refractivity contribution in [3.05, 3.63) is 29.0 Å². The minimum Gasteiger partial charge on any atom is -0.370 e. The first kappa shape index (κ1) is 12.0. The molecule has 2 heterocycles. The van der Waals surface area contributed by atoms with Crippen LogP contribution in [0.25, 0.3) is 11.0 Å². The van der Waals surface area contributed by atoms with Crippen LogP contribution in [0, 0.1) is 0 Å². The summed E-state index contributed by atoms with van der Waals surface area (Å²) in [7, 11) is 0. The maximum Gasteiger partial charge on any atom is 0.139 e. The molecule has 0 amide bonds. The molecule has 0 N–H and O–H groups in total. The lowest BCUT2D eigenvalue weighted by atomic mass is 10.2. The van der Waals surface area contributed by atoms with Gasteiger partial charge in [0.25, 0.3) is 0 Å². The molecule has 4 heteroatoms. The molecule has 1 atom stereocenters. The average Bonchev–Trinajstić information content (AvgIpc) is 2.93. The second kappa shape index (κ2) is 4.56. The zero-order valence-electron chi connectivity index (χ0n) is 10.7. The predicted octanol–water partition coefficient (Wildman–Crippen LogP) is 4.12. The number of imidazole rings is 1. The van der Waals surface area contributed by atoms with Crippen LogP contribution in [-0.2, 0) is 4.74 Å². The van der Waals surface area contributed by atoms with Crippen LogP contribution in [0.1, 0.15) is 44.7 Å². The number of nitrogens with zero attached hydrogens (tertiary/aromatic N) is 2. The van der Waals surface area contributed by atoms with Crippen LogP contribution in [0.4, 0.5) is 0 Å². The molecule has 96 valence electrons. The molecule has 1 unspecified atom stereocenters. The largest absolute Gasteiger partial charge is 0.370 e. The molecule has 0 radical (unpaired) electrons. The van der Waals surface area contributed by atoms with E-state index < -0.39 is 0 Å². The molecule has 18 heavy (non-hydrogen) atoms. The molecule has 0 saturated carbocycles. The van der Waals surface area contributed by atoms with Gasteiger partial charge < -0.3 is 9.30 Å². The Morgan fingerprint density at radius 2 is 2.28 bits per heavy atom. The molecule has 2 aromatic rings. The molecular formula is C14H17ClN2O. The Labute approximate surface area is 112 Å². The van der Waals surface area contributed by atoms with Gasteiger partial charge in [-0.25, -0.2) is 4.98 Å². The van der Waals surface area contributed by atoms with E-state index in [4.69, 9.17) is 21.3 Å². The molecule has 1 aromatic heterocycles. The highest BCUT2D eigenvalue weighted by atomic mass is 35.5. The molecule has 0 spiro atoms. The van der Waals surface area contributed by atoms with Crippen molar-refractivity contribution in [2.75, 3.05) is 6.61 Å². The summed E-state index contributed by atoms with van der Waals surface area (Å²) in [6.45, 7) is 5.19. The first-order valence-electron chi connectivity index (χ1n) is 6.46. The zero-order chi connectivity index (χ0) is 12.7. The Balaban J connectivity index is 2.19. The van der Waals surface area contributed by atoms with Crippen LogP contribution in [0.5, 0.6) is 0 Å². The zero-order valence-corrected chi connectivity index (χ0v) is 11.4. The Kier molecular flexibility index (Phi) is 3.04. The van der Waals surface area contributed by atoms with Gasteiger partial charge in [0.15, 0.2) is 0 Å². The van der Waals surface area contributed by atoms with Gasteiger partial charge in [-0.2, -0.15) is 0 Å². The lowest BCUT2D eigenvalue weighted by Gasteiger charge is -2.16. The van der Waals surface area contributed by atoms with Crippen LogP contribution >= 0.6 is 11.6 Å². The molecular weight excluding hydrogens is 248 g/mol. The van der Waals surface area contributed by atoms with Crippen LogP contribution < -0.4 is 0 Å². The van der Waals surface area contributed by atoms with E-state index >= 15 is 0 Å². The van der Waals surface area contributed by atoms with Gasteiger partial charge in [0, 0.05) is 17.7 Å². The highest BCUT2D eigenvalue weighted by Gasteiger charge is 2.25. The summed E-state index contributed by atoms with van der Waals surface area (Å²) >= 11 is 6.04. The summed E-state index contributed by atoms with van der Waals surface area (Å²) in [5, 5.41) is 0.731.